The summed E-state index contributed by atoms with van der Waals surface area (Å²) in [7, 11) is 0. The van der Waals surface area contributed by atoms with E-state index in [1.54, 1.807) is 6.07 Å². The zero-order valence-corrected chi connectivity index (χ0v) is 12.8. The van der Waals surface area contributed by atoms with E-state index in [0.717, 1.165) is 14.5 Å². The molecule has 2 rings (SSSR count). The van der Waals surface area contributed by atoms with Crippen molar-refractivity contribution in [2.75, 3.05) is 0 Å². The van der Waals surface area contributed by atoms with Crippen molar-refractivity contribution in [3.05, 3.63) is 67.9 Å². The van der Waals surface area contributed by atoms with Crippen molar-refractivity contribution in [2.45, 2.75) is 13.0 Å². The molecule has 0 saturated heterocycles. The molecule has 18 heavy (non-hydrogen) atoms. The third-order valence-electron chi connectivity index (χ3n) is 2.74. The highest BCUT2D eigenvalue weighted by molar-refractivity contribution is 9.11. The Labute approximate surface area is 122 Å². The lowest BCUT2D eigenvalue weighted by atomic mass is 9.97. The molecule has 0 bridgehead atoms. The molecule has 2 aromatic carbocycles. The van der Waals surface area contributed by atoms with Gasteiger partial charge in [-0.15, -0.1) is 0 Å². The second-order valence-electron chi connectivity index (χ2n) is 4.11. The van der Waals surface area contributed by atoms with Gasteiger partial charge in [0, 0.05) is 8.95 Å². The van der Waals surface area contributed by atoms with E-state index in [9.17, 15) is 9.50 Å². The number of halogens is 3. The molecule has 2 aromatic rings. The quantitative estimate of drug-likeness (QED) is 0.805. The maximum atomic E-state index is 13.3. The Morgan fingerprint density at radius 1 is 1.06 bits per heavy atom. The summed E-state index contributed by atoms with van der Waals surface area (Å²) >= 11 is 6.74. The molecule has 4 heteroatoms. The predicted octanol–water partition coefficient (Wildman–Crippen LogP) is 4.74. The molecule has 0 fully saturated rings. The van der Waals surface area contributed by atoms with Crippen molar-refractivity contribution in [1.29, 1.82) is 0 Å². The van der Waals surface area contributed by atoms with Crippen molar-refractivity contribution in [3.8, 4) is 0 Å². The van der Waals surface area contributed by atoms with Crippen LogP contribution in [0.1, 0.15) is 22.8 Å². The highest BCUT2D eigenvalue weighted by atomic mass is 79.9. The molecule has 0 spiro atoms. The predicted molar refractivity (Wildman–Crippen MR) is 77.0 cm³/mol. The summed E-state index contributed by atoms with van der Waals surface area (Å²) in [4.78, 5) is 0. The smallest absolute Gasteiger partial charge is 0.123 e. The summed E-state index contributed by atoms with van der Waals surface area (Å²) in [6.45, 7) is 1.85. The van der Waals surface area contributed by atoms with Gasteiger partial charge in [-0.3, -0.25) is 0 Å². The first-order valence-electron chi connectivity index (χ1n) is 5.37. The summed E-state index contributed by atoms with van der Waals surface area (Å²) in [5, 5.41) is 10.3. The van der Waals surface area contributed by atoms with Gasteiger partial charge in [0.25, 0.3) is 0 Å². The fraction of sp³-hybridized carbons (Fsp3) is 0.143. The normalized spacial score (nSPS) is 12.5. The molecular formula is C14H11Br2FO. The summed E-state index contributed by atoms with van der Waals surface area (Å²) in [5.74, 6) is -0.344. The molecular weight excluding hydrogens is 363 g/mol. The highest BCUT2D eigenvalue weighted by Crippen LogP contribution is 2.29. The van der Waals surface area contributed by atoms with Crippen LogP contribution in [0.5, 0.6) is 0 Å². The van der Waals surface area contributed by atoms with Crippen molar-refractivity contribution >= 4 is 31.9 Å². The van der Waals surface area contributed by atoms with Crippen LogP contribution in [-0.2, 0) is 0 Å². The second kappa shape index (κ2) is 5.51. The van der Waals surface area contributed by atoms with Gasteiger partial charge >= 0.3 is 0 Å². The summed E-state index contributed by atoms with van der Waals surface area (Å²) < 4.78 is 15.0. The molecule has 1 nitrogen and oxygen atoms in total. The molecule has 0 saturated carbocycles. The molecule has 0 aliphatic rings. The Kier molecular flexibility index (Phi) is 4.20. The largest absolute Gasteiger partial charge is 0.384 e. The number of aliphatic hydroxyl groups excluding tert-OH is 1. The van der Waals surface area contributed by atoms with Crippen LogP contribution in [0.2, 0.25) is 0 Å². The Hall–Kier alpha value is -0.710. The standard InChI is InChI=1S/C14H11Br2FO/c1-8-2-3-12(17)7-13(8)14(18)9-4-10(15)6-11(16)5-9/h2-7,14,18H,1H3. The van der Waals surface area contributed by atoms with Gasteiger partial charge in [-0.25, -0.2) is 4.39 Å². The van der Waals surface area contributed by atoms with Gasteiger partial charge in [0.15, 0.2) is 0 Å². The zero-order valence-electron chi connectivity index (χ0n) is 9.62. The molecule has 1 unspecified atom stereocenters. The molecule has 1 atom stereocenters. The number of rotatable bonds is 2. The minimum atomic E-state index is -0.838. The zero-order chi connectivity index (χ0) is 13.3. The third-order valence-corrected chi connectivity index (χ3v) is 3.65. The molecule has 0 amide bonds. The summed E-state index contributed by atoms with van der Waals surface area (Å²) in [5.41, 5.74) is 2.16. The fourth-order valence-electron chi connectivity index (χ4n) is 1.82. The minimum absolute atomic E-state index is 0.344. The van der Waals surface area contributed by atoms with E-state index in [1.165, 1.54) is 12.1 Å². The Bertz CT molecular complexity index is 564. The molecule has 0 aliphatic carbocycles. The topological polar surface area (TPSA) is 20.2 Å². The highest BCUT2D eigenvalue weighted by Gasteiger charge is 2.14. The minimum Gasteiger partial charge on any atom is -0.384 e. The molecule has 94 valence electrons. The number of aryl methyl sites for hydroxylation is 1. The van der Waals surface area contributed by atoms with E-state index >= 15 is 0 Å². The van der Waals surface area contributed by atoms with Crippen LogP contribution in [0, 0.1) is 12.7 Å². The molecule has 0 aromatic heterocycles. The molecule has 1 N–H and O–H groups in total. The maximum Gasteiger partial charge on any atom is 0.123 e. The number of hydrogen-bond acceptors (Lipinski definition) is 1. The Morgan fingerprint density at radius 3 is 2.28 bits per heavy atom. The first kappa shape index (κ1) is 13.7. The first-order chi connectivity index (χ1) is 8.47. The number of aliphatic hydroxyl groups is 1. The van der Waals surface area contributed by atoms with Crippen molar-refractivity contribution in [1.82, 2.24) is 0 Å². The lowest BCUT2D eigenvalue weighted by Crippen LogP contribution is -2.03. The van der Waals surface area contributed by atoms with E-state index < -0.39 is 6.10 Å². The Balaban J connectivity index is 2.47. The van der Waals surface area contributed by atoms with Gasteiger partial charge in [0.05, 0.1) is 0 Å². The monoisotopic (exact) mass is 372 g/mol. The van der Waals surface area contributed by atoms with Gasteiger partial charge in [0.1, 0.15) is 11.9 Å². The van der Waals surface area contributed by atoms with Crippen LogP contribution in [0.25, 0.3) is 0 Å². The van der Waals surface area contributed by atoms with Gasteiger partial charge in [-0.2, -0.15) is 0 Å². The van der Waals surface area contributed by atoms with Crippen molar-refractivity contribution in [2.24, 2.45) is 0 Å². The lowest BCUT2D eigenvalue weighted by Gasteiger charge is -2.15. The maximum absolute atomic E-state index is 13.3. The van der Waals surface area contributed by atoms with Gasteiger partial charge < -0.3 is 5.11 Å². The van der Waals surface area contributed by atoms with Crippen LogP contribution in [0.15, 0.2) is 45.3 Å². The third kappa shape index (κ3) is 2.99. The van der Waals surface area contributed by atoms with Crippen LogP contribution in [0.3, 0.4) is 0 Å². The second-order valence-corrected chi connectivity index (χ2v) is 5.94. The summed E-state index contributed by atoms with van der Waals surface area (Å²) in [6, 6.07) is 9.95. The van der Waals surface area contributed by atoms with Crippen LogP contribution >= 0.6 is 31.9 Å². The van der Waals surface area contributed by atoms with Crippen LogP contribution in [0.4, 0.5) is 4.39 Å². The number of hydrogen-bond donors (Lipinski definition) is 1. The van der Waals surface area contributed by atoms with Crippen LogP contribution in [-0.4, -0.2) is 5.11 Å². The van der Waals surface area contributed by atoms with Gasteiger partial charge in [-0.1, -0.05) is 37.9 Å². The van der Waals surface area contributed by atoms with Crippen molar-refractivity contribution in [3.63, 3.8) is 0 Å². The first-order valence-corrected chi connectivity index (χ1v) is 6.96. The molecule has 0 aliphatic heterocycles. The van der Waals surface area contributed by atoms with E-state index in [1.807, 2.05) is 25.1 Å². The fourth-order valence-corrected chi connectivity index (χ4v) is 3.15. The lowest BCUT2D eigenvalue weighted by molar-refractivity contribution is 0.219. The van der Waals surface area contributed by atoms with Crippen molar-refractivity contribution < 1.29 is 9.50 Å². The van der Waals surface area contributed by atoms with Gasteiger partial charge in [0.2, 0.25) is 0 Å². The van der Waals surface area contributed by atoms with E-state index in [4.69, 9.17) is 0 Å². The number of benzene rings is 2. The average Bonchev–Trinajstić information content (AvgIpc) is 2.30. The summed E-state index contributed by atoms with van der Waals surface area (Å²) in [6.07, 6.45) is -0.838. The van der Waals surface area contributed by atoms with E-state index in [-0.39, 0.29) is 5.82 Å². The molecule has 0 radical (unpaired) electrons. The molecule has 0 heterocycles. The average molecular weight is 374 g/mol. The SMILES string of the molecule is Cc1ccc(F)cc1C(O)c1cc(Br)cc(Br)c1. The Morgan fingerprint density at radius 2 is 1.67 bits per heavy atom. The van der Waals surface area contributed by atoms with E-state index in [0.29, 0.717) is 11.1 Å². The van der Waals surface area contributed by atoms with Crippen LogP contribution < -0.4 is 0 Å². The van der Waals surface area contributed by atoms with E-state index in [2.05, 4.69) is 31.9 Å². The van der Waals surface area contributed by atoms with Gasteiger partial charge in [-0.05, 0) is 53.9 Å².